The highest BCUT2D eigenvalue weighted by Crippen LogP contribution is 2.21. The molecule has 106 valence electrons. The molecule has 0 spiro atoms. The van der Waals surface area contributed by atoms with Crippen molar-refractivity contribution in [2.45, 2.75) is 26.3 Å². The highest BCUT2D eigenvalue weighted by molar-refractivity contribution is 6.30. The first-order chi connectivity index (χ1) is 9.60. The van der Waals surface area contributed by atoms with Crippen LogP contribution in [0, 0.1) is 12.7 Å². The molecule has 1 nitrogen and oxygen atoms in total. The van der Waals surface area contributed by atoms with E-state index in [2.05, 4.69) is 12.2 Å². The fourth-order valence-corrected chi connectivity index (χ4v) is 2.42. The van der Waals surface area contributed by atoms with Crippen molar-refractivity contribution >= 4 is 11.6 Å². The van der Waals surface area contributed by atoms with Gasteiger partial charge in [-0.1, -0.05) is 42.8 Å². The summed E-state index contributed by atoms with van der Waals surface area (Å²) in [7, 11) is 0. The number of rotatable bonds is 5. The van der Waals surface area contributed by atoms with Crippen molar-refractivity contribution in [1.29, 1.82) is 0 Å². The molecule has 0 aromatic heterocycles. The summed E-state index contributed by atoms with van der Waals surface area (Å²) in [5, 5.41) is 4.20. The second-order valence-electron chi connectivity index (χ2n) is 4.95. The van der Waals surface area contributed by atoms with Gasteiger partial charge in [-0.05, 0) is 54.8 Å². The molecule has 1 atom stereocenters. The Morgan fingerprint density at radius 3 is 2.45 bits per heavy atom. The van der Waals surface area contributed by atoms with E-state index >= 15 is 0 Å². The van der Waals surface area contributed by atoms with Gasteiger partial charge < -0.3 is 5.32 Å². The molecule has 0 aliphatic rings. The van der Waals surface area contributed by atoms with E-state index in [4.69, 9.17) is 11.6 Å². The summed E-state index contributed by atoms with van der Waals surface area (Å²) in [5.41, 5.74) is 3.00. The van der Waals surface area contributed by atoms with Crippen molar-refractivity contribution in [3.8, 4) is 0 Å². The Bertz CT molecular complexity index is 566. The van der Waals surface area contributed by atoms with Gasteiger partial charge >= 0.3 is 0 Å². The van der Waals surface area contributed by atoms with Crippen LogP contribution in [0.15, 0.2) is 42.5 Å². The summed E-state index contributed by atoms with van der Waals surface area (Å²) in [5.74, 6) is -0.157. The highest BCUT2D eigenvalue weighted by Gasteiger charge is 2.12. The van der Waals surface area contributed by atoms with E-state index in [1.54, 1.807) is 6.92 Å². The minimum atomic E-state index is -0.157. The topological polar surface area (TPSA) is 12.0 Å². The maximum atomic E-state index is 13.4. The molecule has 0 saturated carbocycles. The summed E-state index contributed by atoms with van der Waals surface area (Å²) in [6, 6.07) is 13.3. The second-order valence-corrected chi connectivity index (χ2v) is 5.39. The third kappa shape index (κ3) is 3.81. The third-order valence-corrected chi connectivity index (χ3v) is 3.64. The lowest BCUT2D eigenvalue weighted by atomic mass is 9.97. The Morgan fingerprint density at radius 1 is 1.15 bits per heavy atom. The maximum Gasteiger partial charge on any atom is 0.126 e. The molecule has 0 radical (unpaired) electrons. The fraction of sp³-hybridized carbons (Fsp3) is 0.294. The van der Waals surface area contributed by atoms with E-state index in [0.29, 0.717) is 5.56 Å². The van der Waals surface area contributed by atoms with Gasteiger partial charge in [0.1, 0.15) is 5.82 Å². The molecule has 0 saturated heterocycles. The van der Waals surface area contributed by atoms with Crippen molar-refractivity contribution in [1.82, 2.24) is 5.32 Å². The summed E-state index contributed by atoms with van der Waals surface area (Å²) in [6.07, 6.45) is 0.857. The number of hydrogen-bond acceptors (Lipinski definition) is 1. The summed E-state index contributed by atoms with van der Waals surface area (Å²) < 4.78 is 13.4. The van der Waals surface area contributed by atoms with Crippen molar-refractivity contribution in [3.63, 3.8) is 0 Å². The Labute approximate surface area is 124 Å². The standard InChI is InChI=1S/C17H19ClFN/c1-3-20-17(11-13-4-7-15(18)8-5-13)14-6-9-16(19)12(2)10-14/h4-10,17,20H,3,11H2,1-2H3. The minimum Gasteiger partial charge on any atom is -0.310 e. The molecule has 2 aromatic rings. The molecule has 2 aromatic carbocycles. The van der Waals surface area contributed by atoms with Gasteiger partial charge in [0.15, 0.2) is 0 Å². The average Bonchev–Trinajstić information content (AvgIpc) is 2.44. The van der Waals surface area contributed by atoms with Crippen LogP contribution in [-0.2, 0) is 6.42 Å². The zero-order chi connectivity index (χ0) is 14.5. The average molecular weight is 292 g/mol. The van der Waals surface area contributed by atoms with Crippen LogP contribution in [0.5, 0.6) is 0 Å². The van der Waals surface area contributed by atoms with E-state index in [9.17, 15) is 4.39 Å². The Balaban J connectivity index is 2.21. The van der Waals surface area contributed by atoms with Gasteiger partial charge in [-0.3, -0.25) is 0 Å². The van der Waals surface area contributed by atoms with Crippen LogP contribution in [0.1, 0.15) is 29.7 Å². The zero-order valence-corrected chi connectivity index (χ0v) is 12.5. The van der Waals surface area contributed by atoms with Crippen molar-refractivity contribution in [2.24, 2.45) is 0 Å². The normalized spacial score (nSPS) is 12.4. The van der Waals surface area contributed by atoms with Gasteiger partial charge in [-0.25, -0.2) is 4.39 Å². The van der Waals surface area contributed by atoms with Crippen LogP contribution in [0.2, 0.25) is 5.02 Å². The summed E-state index contributed by atoms with van der Waals surface area (Å²) >= 11 is 5.91. The van der Waals surface area contributed by atoms with Gasteiger partial charge in [0, 0.05) is 11.1 Å². The number of likely N-dealkylation sites (N-methyl/N-ethyl adjacent to an activating group) is 1. The van der Waals surface area contributed by atoms with E-state index in [-0.39, 0.29) is 11.9 Å². The first kappa shape index (κ1) is 15.0. The molecule has 0 aliphatic heterocycles. The van der Waals surface area contributed by atoms with Crippen molar-refractivity contribution < 1.29 is 4.39 Å². The highest BCUT2D eigenvalue weighted by atomic mass is 35.5. The van der Waals surface area contributed by atoms with E-state index < -0.39 is 0 Å². The molecule has 0 amide bonds. The molecule has 0 heterocycles. The largest absolute Gasteiger partial charge is 0.310 e. The maximum absolute atomic E-state index is 13.4. The van der Waals surface area contributed by atoms with Gasteiger partial charge in [-0.2, -0.15) is 0 Å². The Hall–Kier alpha value is -1.38. The predicted octanol–water partition coefficient (Wildman–Crippen LogP) is 4.68. The Morgan fingerprint density at radius 2 is 1.85 bits per heavy atom. The molecule has 0 aliphatic carbocycles. The first-order valence-corrected chi connectivity index (χ1v) is 7.22. The van der Waals surface area contributed by atoms with Gasteiger partial charge in [-0.15, -0.1) is 0 Å². The lowest BCUT2D eigenvalue weighted by Gasteiger charge is -2.19. The van der Waals surface area contributed by atoms with Crippen molar-refractivity contribution in [3.05, 3.63) is 70.0 Å². The zero-order valence-electron chi connectivity index (χ0n) is 11.8. The summed E-state index contributed by atoms with van der Waals surface area (Å²) in [6.45, 7) is 4.74. The SMILES string of the molecule is CCNC(Cc1ccc(Cl)cc1)c1ccc(F)c(C)c1. The van der Waals surface area contributed by atoms with Crippen molar-refractivity contribution in [2.75, 3.05) is 6.54 Å². The van der Waals surface area contributed by atoms with Crippen LogP contribution in [-0.4, -0.2) is 6.54 Å². The van der Waals surface area contributed by atoms with Crippen LogP contribution in [0.25, 0.3) is 0 Å². The monoisotopic (exact) mass is 291 g/mol. The molecule has 0 bridgehead atoms. The molecule has 1 unspecified atom stereocenters. The molecule has 20 heavy (non-hydrogen) atoms. The third-order valence-electron chi connectivity index (χ3n) is 3.39. The van der Waals surface area contributed by atoms with Crippen LogP contribution < -0.4 is 5.32 Å². The van der Waals surface area contributed by atoms with Gasteiger partial charge in [0.25, 0.3) is 0 Å². The number of halogens is 2. The molecule has 2 rings (SSSR count). The quantitative estimate of drug-likeness (QED) is 0.843. The predicted molar refractivity (Wildman–Crippen MR) is 82.7 cm³/mol. The molecule has 1 N–H and O–H groups in total. The van der Waals surface area contributed by atoms with E-state index in [0.717, 1.165) is 23.6 Å². The molecular weight excluding hydrogens is 273 g/mol. The number of hydrogen-bond donors (Lipinski definition) is 1. The summed E-state index contributed by atoms with van der Waals surface area (Å²) in [4.78, 5) is 0. The van der Waals surface area contributed by atoms with E-state index in [1.807, 2.05) is 36.4 Å². The second kappa shape index (κ2) is 6.87. The number of nitrogens with one attached hydrogen (secondary N) is 1. The smallest absolute Gasteiger partial charge is 0.126 e. The van der Waals surface area contributed by atoms with Crippen LogP contribution in [0.3, 0.4) is 0 Å². The Kier molecular flexibility index (Phi) is 5.16. The van der Waals surface area contributed by atoms with Gasteiger partial charge in [0.05, 0.1) is 0 Å². The lowest BCUT2D eigenvalue weighted by Crippen LogP contribution is -2.23. The number of benzene rings is 2. The van der Waals surface area contributed by atoms with Crippen LogP contribution >= 0.6 is 11.6 Å². The first-order valence-electron chi connectivity index (χ1n) is 6.84. The van der Waals surface area contributed by atoms with Gasteiger partial charge in [0.2, 0.25) is 0 Å². The number of aryl methyl sites for hydroxylation is 1. The molecular formula is C17H19ClFN. The minimum absolute atomic E-state index is 0.157. The van der Waals surface area contributed by atoms with E-state index in [1.165, 1.54) is 11.6 Å². The molecule has 0 fully saturated rings. The molecule has 3 heteroatoms. The lowest BCUT2D eigenvalue weighted by molar-refractivity contribution is 0.546. The van der Waals surface area contributed by atoms with Crippen LogP contribution in [0.4, 0.5) is 4.39 Å². The fourth-order valence-electron chi connectivity index (χ4n) is 2.30.